The molecular formula is C14H8F6N2O4. The quantitative estimate of drug-likeness (QED) is 0.633. The van der Waals surface area contributed by atoms with Gasteiger partial charge in [-0.2, -0.15) is 26.3 Å². The zero-order valence-electron chi connectivity index (χ0n) is 12.4. The van der Waals surface area contributed by atoms with Crippen LogP contribution in [0.5, 0.6) is 0 Å². The third-order valence-corrected chi connectivity index (χ3v) is 2.94. The number of carbonyl (C=O) groups excluding carboxylic acids is 2. The van der Waals surface area contributed by atoms with Gasteiger partial charge in [0.25, 0.3) is 0 Å². The Kier molecular flexibility index (Phi) is 5.14. The fourth-order valence-corrected chi connectivity index (χ4v) is 1.86. The second-order valence-electron chi connectivity index (χ2n) is 4.64. The summed E-state index contributed by atoms with van der Waals surface area (Å²) in [6.07, 6.45) is -7.70. The molecule has 1 aromatic rings. The lowest BCUT2D eigenvalue weighted by Gasteiger charge is -2.20. The fourth-order valence-electron chi connectivity index (χ4n) is 1.86. The molecule has 0 fully saturated rings. The van der Waals surface area contributed by atoms with Gasteiger partial charge >= 0.3 is 18.4 Å². The molecular weight excluding hydrogens is 374 g/mol. The summed E-state index contributed by atoms with van der Waals surface area (Å²) in [6.45, 7) is 0. The first-order chi connectivity index (χ1) is 12.0. The zero-order valence-corrected chi connectivity index (χ0v) is 12.4. The van der Waals surface area contributed by atoms with E-state index in [1.54, 1.807) is 0 Å². The second-order valence-corrected chi connectivity index (χ2v) is 4.64. The smallest absolute Gasteiger partial charge is 0.417 e. The third-order valence-electron chi connectivity index (χ3n) is 2.94. The number of halogens is 6. The van der Waals surface area contributed by atoms with Crippen LogP contribution >= 0.6 is 0 Å². The van der Waals surface area contributed by atoms with Gasteiger partial charge < -0.3 is 14.8 Å². The number of ether oxygens (including phenoxy) is 2. The van der Waals surface area contributed by atoms with Crippen LogP contribution in [0.2, 0.25) is 0 Å². The Bertz CT molecular complexity index is 770. The van der Waals surface area contributed by atoms with Crippen LogP contribution < -0.4 is 5.32 Å². The van der Waals surface area contributed by atoms with Crippen molar-refractivity contribution in [2.75, 3.05) is 5.32 Å². The maximum atomic E-state index is 12.9. The molecule has 0 aromatic heterocycles. The van der Waals surface area contributed by atoms with Gasteiger partial charge in [0, 0.05) is 5.69 Å². The van der Waals surface area contributed by atoms with E-state index in [1.807, 2.05) is 5.32 Å². The lowest BCUT2D eigenvalue weighted by Crippen LogP contribution is -2.34. The van der Waals surface area contributed by atoms with Crippen molar-refractivity contribution in [2.24, 2.45) is 0 Å². The summed E-state index contributed by atoms with van der Waals surface area (Å²) in [4.78, 5) is 23.2. The number of alkyl halides is 6. The molecule has 0 saturated carbocycles. The minimum atomic E-state index is -5.32. The molecule has 0 atom stereocenters. The van der Waals surface area contributed by atoms with E-state index < -0.39 is 41.1 Å². The Hall–Kier alpha value is -3.18. The maximum Gasteiger partial charge on any atom is 0.417 e. The van der Waals surface area contributed by atoms with Gasteiger partial charge in [-0.25, -0.2) is 9.69 Å². The average Bonchev–Trinajstić information content (AvgIpc) is 2.54. The van der Waals surface area contributed by atoms with Crippen molar-refractivity contribution in [1.82, 2.24) is 4.90 Å². The van der Waals surface area contributed by atoms with Crippen LogP contribution in [0, 0.1) is 0 Å². The molecule has 0 aliphatic carbocycles. The van der Waals surface area contributed by atoms with Crippen molar-refractivity contribution in [3.63, 3.8) is 0 Å². The molecule has 26 heavy (non-hydrogen) atoms. The zero-order chi connectivity index (χ0) is 19.5. The van der Waals surface area contributed by atoms with Gasteiger partial charge in [-0.05, 0) is 18.2 Å². The Morgan fingerprint density at radius 2 is 1.69 bits per heavy atom. The van der Waals surface area contributed by atoms with Gasteiger partial charge in [-0.3, -0.25) is 4.79 Å². The number of nitrogens with zero attached hydrogens (tertiary/aromatic N) is 1. The molecule has 0 spiro atoms. The second kappa shape index (κ2) is 6.98. The first kappa shape index (κ1) is 19.1. The standard InChI is InChI=1S/C14H8F6N2O4/c15-13(16,17)9-2-1-8(5-10(9)14(18,19)20)21-12(24)22(7-23)11-6-25-3-4-26-11/h1-7H,(H,21,24). The fraction of sp³-hybridized carbons (Fsp3) is 0.143. The van der Waals surface area contributed by atoms with E-state index in [2.05, 4.69) is 4.74 Å². The molecule has 1 aliphatic rings. The van der Waals surface area contributed by atoms with Crippen molar-refractivity contribution >= 4 is 18.1 Å². The van der Waals surface area contributed by atoms with Crippen LogP contribution in [0.4, 0.5) is 36.8 Å². The maximum absolute atomic E-state index is 12.9. The number of hydrogen-bond acceptors (Lipinski definition) is 4. The van der Waals surface area contributed by atoms with Crippen LogP contribution in [-0.4, -0.2) is 17.3 Å². The van der Waals surface area contributed by atoms with Gasteiger partial charge in [0.2, 0.25) is 12.3 Å². The number of carbonyl (C=O) groups is 2. The van der Waals surface area contributed by atoms with Gasteiger partial charge in [0.05, 0.1) is 11.1 Å². The molecule has 0 saturated heterocycles. The summed E-state index contributed by atoms with van der Waals surface area (Å²) < 4.78 is 86.2. The topological polar surface area (TPSA) is 67.9 Å². The molecule has 1 aromatic carbocycles. The summed E-state index contributed by atoms with van der Waals surface area (Å²) in [6, 6.07) is -0.383. The summed E-state index contributed by atoms with van der Waals surface area (Å²) in [5.41, 5.74) is -4.51. The minimum Gasteiger partial charge on any atom is -0.464 e. The summed E-state index contributed by atoms with van der Waals surface area (Å²) in [7, 11) is 0. The Labute approximate surface area is 141 Å². The largest absolute Gasteiger partial charge is 0.464 e. The summed E-state index contributed by atoms with van der Waals surface area (Å²) in [5, 5.41) is 1.87. The van der Waals surface area contributed by atoms with E-state index in [0.717, 1.165) is 18.8 Å². The predicted octanol–water partition coefficient (Wildman–Crippen LogP) is 4.03. The van der Waals surface area contributed by atoms with Crippen molar-refractivity contribution in [3.8, 4) is 0 Å². The Balaban J connectivity index is 2.30. The lowest BCUT2D eigenvalue weighted by molar-refractivity contribution is -0.162. The molecule has 140 valence electrons. The lowest BCUT2D eigenvalue weighted by atomic mass is 10.1. The Morgan fingerprint density at radius 1 is 1.04 bits per heavy atom. The average molecular weight is 382 g/mol. The van der Waals surface area contributed by atoms with Gasteiger partial charge in [0.15, 0.2) is 6.26 Å². The number of rotatable bonds is 3. The van der Waals surface area contributed by atoms with E-state index in [1.165, 1.54) is 0 Å². The van der Waals surface area contributed by atoms with E-state index in [-0.39, 0.29) is 18.5 Å². The summed E-state index contributed by atoms with van der Waals surface area (Å²) in [5.74, 6) is -0.414. The normalized spacial score (nSPS) is 14.0. The highest BCUT2D eigenvalue weighted by Crippen LogP contribution is 2.41. The van der Waals surface area contributed by atoms with Gasteiger partial charge in [0.1, 0.15) is 12.5 Å². The van der Waals surface area contributed by atoms with Crippen molar-refractivity contribution in [2.45, 2.75) is 12.4 Å². The first-order valence-electron chi connectivity index (χ1n) is 6.55. The molecule has 1 heterocycles. The summed E-state index contributed by atoms with van der Waals surface area (Å²) >= 11 is 0. The molecule has 6 nitrogen and oxygen atoms in total. The number of urea groups is 1. The predicted molar refractivity (Wildman–Crippen MR) is 72.8 cm³/mol. The van der Waals surface area contributed by atoms with E-state index >= 15 is 0 Å². The highest BCUT2D eigenvalue weighted by atomic mass is 19.4. The van der Waals surface area contributed by atoms with Crippen molar-refractivity contribution < 1.29 is 45.4 Å². The minimum absolute atomic E-state index is 0.0293. The van der Waals surface area contributed by atoms with Crippen molar-refractivity contribution in [1.29, 1.82) is 0 Å². The van der Waals surface area contributed by atoms with Crippen LogP contribution in [-0.2, 0) is 26.6 Å². The van der Waals surface area contributed by atoms with Crippen LogP contribution in [0.15, 0.2) is 42.9 Å². The highest BCUT2D eigenvalue weighted by Gasteiger charge is 2.43. The van der Waals surface area contributed by atoms with Gasteiger partial charge in [-0.1, -0.05) is 0 Å². The molecule has 0 radical (unpaired) electrons. The highest BCUT2D eigenvalue weighted by molar-refractivity contribution is 5.96. The molecule has 0 unspecified atom stereocenters. The van der Waals surface area contributed by atoms with Crippen LogP contribution in [0.25, 0.3) is 0 Å². The van der Waals surface area contributed by atoms with Crippen LogP contribution in [0.3, 0.4) is 0 Å². The molecule has 3 amide bonds. The molecule has 1 aliphatic heterocycles. The SMILES string of the molecule is O=CN(C(=O)Nc1ccc(C(F)(F)F)c(C(F)(F)F)c1)C1=COC=CO1. The van der Waals surface area contributed by atoms with Crippen LogP contribution in [0.1, 0.15) is 11.1 Å². The van der Waals surface area contributed by atoms with Crippen molar-refractivity contribution in [3.05, 3.63) is 54.0 Å². The number of amides is 3. The molecule has 2 rings (SSSR count). The molecule has 1 N–H and O–H groups in total. The van der Waals surface area contributed by atoms with Gasteiger partial charge in [-0.15, -0.1) is 0 Å². The Morgan fingerprint density at radius 3 is 2.19 bits per heavy atom. The number of benzene rings is 1. The molecule has 0 bridgehead atoms. The number of imide groups is 1. The van der Waals surface area contributed by atoms with E-state index in [9.17, 15) is 35.9 Å². The number of anilines is 1. The monoisotopic (exact) mass is 382 g/mol. The molecule has 12 heteroatoms. The first-order valence-corrected chi connectivity index (χ1v) is 6.55. The van der Waals surface area contributed by atoms with E-state index in [4.69, 9.17) is 4.74 Å². The number of nitrogens with one attached hydrogen (secondary N) is 1. The third kappa shape index (κ3) is 4.26. The number of hydrogen-bond donors (Lipinski definition) is 1. The van der Waals surface area contributed by atoms with E-state index in [0.29, 0.717) is 11.0 Å².